The highest BCUT2D eigenvalue weighted by Crippen LogP contribution is 2.56. The lowest BCUT2D eigenvalue weighted by molar-refractivity contribution is -0.536. The zero-order valence-corrected chi connectivity index (χ0v) is 47.5. The molecule has 2 saturated carbocycles. The van der Waals surface area contributed by atoms with Gasteiger partial charge in [0, 0.05) is 93.0 Å². The molecule has 12 aromatic carbocycles. The molecule has 0 aliphatic heterocycles. The molecule has 0 spiro atoms. The fourth-order valence-electron chi connectivity index (χ4n) is 12.7. The van der Waals surface area contributed by atoms with Crippen molar-refractivity contribution in [2.24, 2.45) is 0 Å². The summed E-state index contributed by atoms with van der Waals surface area (Å²) in [5, 5.41) is 105. The van der Waals surface area contributed by atoms with Gasteiger partial charge in [0.2, 0.25) is 0 Å². The summed E-state index contributed by atoms with van der Waals surface area (Å²) in [5.41, 5.74) is 7.04. The number of benzene rings is 12. The van der Waals surface area contributed by atoms with Gasteiger partial charge in [-0.3, -0.25) is 0 Å². The zero-order chi connectivity index (χ0) is 60.4. The highest BCUT2D eigenvalue weighted by atomic mass is 16.3. The Hall–Kier alpha value is -10.6. The molecule has 12 aromatic rings. The molecule has 4 N–H and O–H groups in total. The molecule has 12 nitrogen and oxygen atoms in total. The number of fused-ring (bicyclic) bond motifs is 2. The molecule has 12 heteroatoms. The Morgan fingerprint density at radius 3 is 0.761 bits per heavy atom. The van der Waals surface area contributed by atoms with Crippen LogP contribution < -0.4 is 40.0 Å². The van der Waals surface area contributed by atoms with E-state index in [0.717, 1.165) is 67.0 Å². The fraction of sp³-hybridized carbons (Fsp3) is 0.105. The number of para-hydroxylation sites is 6. The van der Waals surface area contributed by atoms with Crippen LogP contribution in [0.5, 0.6) is 23.0 Å². The first-order valence-electron chi connectivity index (χ1n) is 29.2. The number of rotatable bonds is 14. The van der Waals surface area contributed by atoms with E-state index < -0.39 is 71.3 Å². The normalized spacial score (nSPS) is 19.3. The van der Waals surface area contributed by atoms with Crippen LogP contribution in [0.3, 0.4) is 0 Å². The van der Waals surface area contributed by atoms with Gasteiger partial charge in [0.15, 0.2) is 0 Å². The Kier molecular flexibility index (Phi) is 15.7. The largest absolute Gasteiger partial charge is 0.851 e. The van der Waals surface area contributed by atoms with E-state index in [9.17, 15) is 40.9 Å². The average molecular weight is 1160 g/mol. The minimum atomic E-state index is -1.68. The molecule has 0 heterocycles. The number of hydrogen-bond donors (Lipinski definition) is 4. The Balaban J connectivity index is 0.000000189. The molecule has 0 aromatic heterocycles. The SMILES string of the molecule is [O-]C1C(N(c2ccccc2)c2ccccc2)C([O-])C1N(c1ccccc1)c1ccccc1.[O-]C1C(c2c(O)cc(N(c3ccccc3)c3ccc4ccccc4c3)cc2O)C([O-])C1c1c(O)cc(N(c2ccccc2)c2ccc3ccccc3c2)cc1O. The first kappa shape index (κ1) is 56.5. The maximum absolute atomic E-state index is 14.0. The summed E-state index contributed by atoms with van der Waals surface area (Å²) in [5.74, 6) is -4.27. The molecule has 0 unspecified atom stereocenters. The lowest BCUT2D eigenvalue weighted by Gasteiger charge is -2.67. The van der Waals surface area contributed by atoms with Crippen LogP contribution in [0.4, 0.5) is 56.9 Å². The summed E-state index contributed by atoms with van der Waals surface area (Å²) in [6, 6.07) is 89.9. The van der Waals surface area contributed by atoms with Crippen LogP contribution in [0, 0.1) is 0 Å². The maximum atomic E-state index is 14.0. The molecule has 88 heavy (non-hydrogen) atoms. The molecule has 0 bridgehead atoms. The van der Waals surface area contributed by atoms with E-state index in [2.05, 4.69) is 0 Å². The van der Waals surface area contributed by atoms with Crippen molar-refractivity contribution in [1.82, 2.24) is 0 Å². The van der Waals surface area contributed by atoms with Gasteiger partial charge in [-0.1, -0.05) is 182 Å². The van der Waals surface area contributed by atoms with Crippen molar-refractivity contribution < 1.29 is 40.9 Å². The third kappa shape index (κ3) is 10.7. The van der Waals surface area contributed by atoms with E-state index in [1.165, 1.54) is 24.3 Å². The maximum Gasteiger partial charge on any atom is 0.124 e. The Morgan fingerprint density at radius 1 is 0.227 bits per heavy atom. The smallest absolute Gasteiger partial charge is 0.124 e. The van der Waals surface area contributed by atoms with Gasteiger partial charge in [0.1, 0.15) is 23.0 Å². The first-order valence-corrected chi connectivity index (χ1v) is 29.2. The molecule has 14 rings (SSSR count). The van der Waals surface area contributed by atoms with Gasteiger partial charge in [-0.2, -0.15) is 0 Å². The van der Waals surface area contributed by atoms with Crippen molar-refractivity contribution in [3.05, 3.63) is 302 Å². The fourth-order valence-corrected chi connectivity index (χ4v) is 12.7. The molecule has 2 fully saturated rings. The lowest BCUT2D eigenvalue weighted by atomic mass is 9.62. The van der Waals surface area contributed by atoms with Crippen molar-refractivity contribution in [2.45, 2.75) is 48.3 Å². The third-order valence-electron chi connectivity index (χ3n) is 16.9. The molecule has 436 valence electrons. The molecule has 2 aliphatic rings. The highest BCUT2D eigenvalue weighted by molar-refractivity contribution is 5.91. The minimum absolute atomic E-state index is 0.154. The van der Waals surface area contributed by atoms with Crippen LogP contribution in [0.2, 0.25) is 0 Å². The van der Waals surface area contributed by atoms with E-state index in [-0.39, 0.29) is 11.1 Å². The second-order valence-corrected chi connectivity index (χ2v) is 22.2. The molecule has 0 radical (unpaired) electrons. The van der Waals surface area contributed by atoms with Crippen molar-refractivity contribution in [2.75, 3.05) is 19.6 Å². The van der Waals surface area contributed by atoms with E-state index in [0.29, 0.717) is 11.4 Å². The number of aromatic hydroxyl groups is 4. The van der Waals surface area contributed by atoms with Crippen molar-refractivity contribution >= 4 is 78.4 Å². The van der Waals surface area contributed by atoms with Crippen LogP contribution in [0.15, 0.2) is 291 Å². The summed E-state index contributed by atoms with van der Waals surface area (Å²) in [7, 11) is 0. The topological polar surface area (TPSA) is 186 Å². The summed E-state index contributed by atoms with van der Waals surface area (Å²) in [6.45, 7) is 0. The van der Waals surface area contributed by atoms with Crippen LogP contribution in [-0.4, -0.2) is 56.9 Å². The van der Waals surface area contributed by atoms with Crippen molar-refractivity contribution in [3.8, 4) is 23.0 Å². The minimum Gasteiger partial charge on any atom is -0.851 e. The van der Waals surface area contributed by atoms with E-state index in [1.807, 2.05) is 287 Å². The van der Waals surface area contributed by atoms with Gasteiger partial charge >= 0.3 is 0 Å². The Bertz CT molecular complexity index is 3940. The van der Waals surface area contributed by atoms with E-state index in [1.54, 1.807) is 0 Å². The summed E-state index contributed by atoms with van der Waals surface area (Å²) < 4.78 is 0. The summed E-state index contributed by atoms with van der Waals surface area (Å²) in [6.07, 6.45) is -5.53. The molecule has 0 saturated heterocycles. The van der Waals surface area contributed by atoms with Gasteiger partial charge in [0.25, 0.3) is 0 Å². The van der Waals surface area contributed by atoms with Crippen LogP contribution in [-0.2, 0) is 0 Å². The quantitative estimate of drug-likeness (QED) is 0.0809. The number of anilines is 10. The molecule has 0 atom stereocenters. The molecule has 2 aliphatic carbocycles. The van der Waals surface area contributed by atoms with Crippen molar-refractivity contribution in [1.29, 1.82) is 0 Å². The number of phenols is 4. The van der Waals surface area contributed by atoms with Gasteiger partial charge in [-0.05, 0) is 130 Å². The monoisotopic (exact) mass is 1160 g/mol. The first-order chi connectivity index (χ1) is 43.0. The van der Waals surface area contributed by atoms with E-state index >= 15 is 0 Å². The third-order valence-corrected chi connectivity index (χ3v) is 16.9. The Morgan fingerprint density at radius 2 is 0.477 bits per heavy atom. The number of hydrogen-bond acceptors (Lipinski definition) is 12. The molecule has 0 amide bonds. The van der Waals surface area contributed by atoms with E-state index in [4.69, 9.17) is 0 Å². The van der Waals surface area contributed by atoms with Gasteiger partial charge in [-0.25, -0.2) is 0 Å². The van der Waals surface area contributed by atoms with Gasteiger partial charge in [0.05, 0.1) is 11.4 Å². The molecular weight excluding hydrogens is 1100 g/mol. The second kappa shape index (κ2) is 24.4. The number of phenolic OH excluding ortho intramolecular Hbond substituents is 4. The predicted molar refractivity (Wildman–Crippen MR) is 342 cm³/mol. The van der Waals surface area contributed by atoms with Gasteiger partial charge < -0.3 is 60.5 Å². The van der Waals surface area contributed by atoms with Crippen LogP contribution in [0.1, 0.15) is 23.0 Å². The predicted octanol–water partition coefficient (Wildman–Crippen LogP) is 13.0. The summed E-state index contributed by atoms with van der Waals surface area (Å²) in [4.78, 5) is 7.58. The second-order valence-electron chi connectivity index (χ2n) is 22.2. The van der Waals surface area contributed by atoms with Crippen molar-refractivity contribution in [3.63, 3.8) is 0 Å². The number of nitrogens with zero attached hydrogens (tertiary/aromatic N) is 4. The average Bonchev–Trinajstić information content (AvgIpc) is 1.94. The highest BCUT2D eigenvalue weighted by Gasteiger charge is 2.46. The standard InChI is InChI=1S/C48H36N2O6.C28H24N2O2/c51-39-25-37(49(33-15-3-1-4-16-33)35-21-19-29-11-7-9-13-31(29)23-35)26-40(52)43(39)45-47(55)46(48(45)56)44-41(53)27-38(28-42(44)54)50(34-17-5-2-6-18-34)36-22-20-30-12-8-10-14-32(30)24-36;31-27-25(29(21-13-5-1-6-14-21)22-15-7-2-8-16-22)28(32)26(27)30(23-17-9-3-10-18-23)24-19-11-4-12-20-24/h1-28,45-48,51-54H;1-20,25-28H/q2*-2. The Labute approximate surface area is 510 Å². The van der Waals surface area contributed by atoms with Gasteiger partial charge in [-0.15, -0.1) is 12.2 Å². The summed E-state index contributed by atoms with van der Waals surface area (Å²) >= 11 is 0. The lowest BCUT2D eigenvalue weighted by Crippen LogP contribution is -2.81. The van der Waals surface area contributed by atoms with Crippen LogP contribution >= 0.6 is 0 Å². The molecular formula is C76H60N4O8-4. The van der Waals surface area contributed by atoms with Crippen LogP contribution in [0.25, 0.3) is 21.5 Å². The zero-order valence-electron chi connectivity index (χ0n) is 47.5.